The van der Waals surface area contributed by atoms with Gasteiger partial charge in [0.25, 0.3) is 0 Å². The van der Waals surface area contributed by atoms with E-state index >= 15 is 0 Å². The number of hydrogen-bond acceptors (Lipinski definition) is 4. The molecular weight excluding hydrogens is 296 g/mol. The Morgan fingerprint density at radius 1 is 1.30 bits per heavy atom. The molecule has 0 saturated carbocycles. The highest BCUT2D eigenvalue weighted by atomic mass is 35.5. The van der Waals surface area contributed by atoms with Gasteiger partial charge in [-0.2, -0.15) is 0 Å². The molecule has 1 aromatic heterocycles. The van der Waals surface area contributed by atoms with Crippen molar-refractivity contribution in [2.24, 2.45) is 0 Å². The van der Waals surface area contributed by atoms with Gasteiger partial charge in [0, 0.05) is 10.9 Å². The van der Waals surface area contributed by atoms with Gasteiger partial charge in [0.1, 0.15) is 11.5 Å². The van der Waals surface area contributed by atoms with Gasteiger partial charge in [0.2, 0.25) is 5.24 Å². The Kier molecular flexibility index (Phi) is 5.04. The van der Waals surface area contributed by atoms with Crippen LogP contribution in [0.3, 0.4) is 0 Å². The maximum atomic E-state index is 11.7. The molecule has 5 heteroatoms. The molecule has 0 spiro atoms. The molecule has 20 heavy (non-hydrogen) atoms. The van der Waals surface area contributed by atoms with E-state index < -0.39 is 0 Å². The molecule has 1 unspecified atom stereocenters. The molecule has 1 atom stereocenters. The second-order valence-electron chi connectivity index (χ2n) is 4.25. The van der Waals surface area contributed by atoms with Gasteiger partial charge >= 0.3 is 0 Å². The molecule has 1 aromatic carbocycles. The number of rotatable bonds is 6. The highest BCUT2D eigenvalue weighted by Crippen LogP contribution is 2.32. The van der Waals surface area contributed by atoms with Gasteiger partial charge in [-0.1, -0.05) is 12.1 Å². The third-order valence-electron chi connectivity index (χ3n) is 3.08. The molecule has 0 aliphatic heterocycles. The summed E-state index contributed by atoms with van der Waals surface area (Å²) in [7, 11) is 3.20. The van der Waals surface area contributed by atoms with Gasteiger partial charge in [-0.15, -0.1) is 11.3 Å². The van der Waals surface area contributed by atoms with Crippen LogP contribution in [0.25, 0.3) is 0 Å². The maximum Gasteiger partial charge on any atom is 0.230 e. The fourth-order valence-electron chi connectivity index (χ4n) is 2.02. The minimum absolute atomic E-state index is 0.348. The Morgan fingerprint density at radius 2 is 2.10 bits per heavy atom. The lowest BCUT2D eigenvalue weighted by Crippen LogP contribution is -2.09. The predicted molar refractivity (Wildman–Crippen MR) is 81.2 cm³/mol. The van der Waals surface area contributed by atoms with Gasteiger partial charge in [-0.05, 0) is 41.1 Å². The zero-order valence-electron chi connectivity index (χ0n) is 11.3. The standard InChI is InChI=1S/C15H15ClO3S/c1-18-11-6-5-10(13(9-11)19-2)8-12(15(16)17)14-4-3-7-20-14/h3-7,9,12H,8H2,1-2H3. The predicted octanol–water partition coefficient (Wildman–Crippen LogP) is 3.86. The van der Waals surface area contributed by atoms with Crippen LogP contribution in [0.4, 0.5) is 0 Å². The number of ether oxygens (including phenoxy) is 2. The van der Waals surface area contributed by atoms with E-state index in [0.29, 0.717) is 12.2 Å². The minimum Gasteiger partial charge on any atom is -0.497 e. The number of hydrogen-bond donors (Lipinski definition) is 0. The monoisotopic (exact) mass is 310 g/mol. The van der Waals surface area contributed by atoms with E-state index in [-0.39, 0.29) is 11.2 Å². The van der Waals surface area contributed by atoms with E-state index in [4.69, 9.17) is 21.1 Å². The fourth-order valence-corrected chi connectivity index (χ4v) is 3.11. The van der Waals surface area contributed by atoms with Crippen LogP contribution in [0.15, 0.2) is 35.7 Å². The summed E-state index contributed by atoms with van der Waals surface area (Å²) in [6.07, 6.45) is 0.510. The summed E-state index contributed by atoms with van der Waals surface area (Å²) in [6, 6.07) is 9.39. The summed E-state index contributed by atoms with van der Waals surface area (Å²) >= 11 is 7.27. The van der Waals surface area contributed by atoms with E-state index in [1.54, 1.807) is 20.3 Å². The van der Waals surface area contributed by atoms with Crippen molar-refractivity contribution in [2.75, 3.05) is 14.2 Å². The van der Waals surface area contributed by atoms with Crippen LogP contribution in [0.2, 0.25) is 0 Å². The third kappa shape index (κ3) is 3.32. The van der Waals surface area contributed by atoms with Crippen LogP contribution in [0, 0.1) is 0 Å². The lowest BCUT2D eigenvalue weighted by atomic mass is 9.98. The number of carbonyl (C=O) groups is 1. The molecule has 0 radical (unpaired) electrons. The number of methoxy groups -OCH3 is 2. The summed E-state index contributed by atoms with van der Waals surface area (Å²) in [4.78, 5) is 12.6. The molecule has 0 aliphatic rings. The zero-order valence-corrected chi connectivity index (χ0v) is 12.8. The lowest BCUT2D eigenvalue weighted by molar-refractivity contribution is -0.112. The first-order valence-corrected chi connectivity index (χ1v) is 7.35. The maximum absolute atomic E-state index is 11.7. The first-order valence-electron chi connectivity index (χ1n) is 6.09. The summed E-state index contributed by atoms with van der Waals surface area (Å²) in [6.45, 7) is 0. The molecule has 2 aromatic rings. The van der Waals surface area contributed by atoms with Gasteiger partial charge in [-0.25, -0.2) is 0 Å². The van der Waals surface area contributed by atoms with Crippen molar-refractivity contribution in [3.8, 4) is 11.5 Å². The van der Waals surface area contributed by atoms with Crippen molar-refractivity contribution in [2.45, 2.75) is 12.3 Å². The molecule has 0 aliphatic carbocycles. The smallest absolute Gasteiger partial charge is 0.230 e. The fraction of sp³-hybridized carbons (Fsp3) is 0.267. The van der Waals surface area contributed by atoms with E-state index in [2.05, 4.69) is 0 Å². The Hall–Kier alpha value is -1.52. The quantitative estimate of drug-likeness (QED) is 0.760. The Balaban J connectivity index is 2.29. The average molecular weight is 311 g/mol. The van der Waals surface area contributed by atoms with Crippen LogP contribution >= 0.6 is 22.9 Å². The van der Waals surface area contributed by atoms with Crippen molar-refractivity contribution >= 4 is 28.2 Å². The van der Waals surface area contributed by atoms with Gasteiger partial charge < -0.3 is 9.47 Å². The SMILES string of the molecule is COc1ccc(CC(C(=O)Cl)c2cccs2)c(OC)c1. The van der Waals surface area contributed by atoms with Gasteiger partial charge in [0.05, 0.1) is 20.1 Å². The lowest BCUT2D eigenvalue weighted by Gasteiger charge is -2.14. The second-order valence-corrected chi connectivity index (χ2v) is 5.61. The Morgan fingerprint density at radius 3 is 2.65 bits per heavy atom. The molecule has 2 rings (SSSR count). The topological polar surface area (TPSA) is 35.5 Å². The molecule has 0 fully saturated rings. The van der Waals surface area contributed by atoms with Crippen molar-refractivity contribution in [1.29, 1.82) is 0 Å². The van der Waals surface area contributed by atoms with Crippen molar-refractivity contribution < 1.29 is 14.3 Å². The van der Waals surface area contributed by atoms with Crippen molar-refractivity contribution in [3.05, 3.63) is 46.2 Å². The molecule has 106 valence electrons. The van der Waals surface area contributed by atoms with Crippen LogP contribution in [0.1, 0.15) is 16.4 Å². The summed E-state index contributed by atoms with van der Waals surface area (Å²) < 4.78 is 10.5. The number of halogens is 1. The van der Waals surface area contributed by atoms with Crippen LogP contribution in [0.5, 0.6) is 11.5 Å². The van der Waals surface area contributed by atoms with Crippen LogP contribution in [-0.2, 0) is 11.2 Å². The number of benzene rings is 1. The summed E-state index contributed by atoms with van der Waals surface area (Å²) in [5, 5.41) is 1.58. The van der Waals surface area contributed by atoms with Crippen LogP contribution < -0.4 is 9.47 Å². The highest BCUT2D eigenvalue weighted by Gasteiger charge is 2.22. The Labute approximate surface area is 127 Å². The number of carbonyl (C=O) groups excluding carboxylic acids is 1. The van der Waals surface area contributed by atoms with E-state index in [0.717, 1.165) is 16.2 Å². The molecule has 1 heterocycles. The van der Waals surface area contributed by atoms with Gasteiger partial charge in [0.15, 0.2) is 0 Å². The largest absolute Gasteiger partial charge is 0.497 e. The highest BCUT2D eigenvalue weighted by molar-refractivity contribution is 7.10. The summed E-state index contributed by atoms with van der Waals surface area (Å²) in [5.41, 5.74) is 0.931. The summed E-state index contributed by atoms with van der Waals surface area (Å²) in [5.74, 6) is 1.07. The molecule has 3 nitrogen and oxygen atoms in total. The average Bonchev–Trinajstić information content (AvgIpc) is 2.98. The molecular formula is C15H15ClO3S. The second kappa shape index (κ2) is 6.77. The first kappa shape index (κ1) is 14.9. The van der Waals surface area contributed by atoms with Crippen molar-refractivity contribution in [3.63, 3.8) is 0 Å². The zero-order chi connectivity index (χ0) is 14.5. The van der Waals surface area contributed by atoms with E-state index in [9.17, 15) is 4.79 Å². The molecule has 0 N–H and O–H groups in total. The van der Waals surface area contributed by atoms with E-state index in [1.807, 2.05) is 29.6 Å². The van der Waals surface area contributed by atoms with Crippen LogP contribution in [-0.4, -0.2) is 19.5 Å². The Bertz CT molecular complexity index is 581. The number of thiophene rings is 1. The van der Waals surface area contributed by atoms with Crippen molar-refractivity contribution in [1.82, 2.24) is 0 Å². The van der Waals surface area contributed by atoms with Gasteiger partial charge in [-0.3, -0.25) is 4.79 Å². The first-order chi connectivity index (χ1) is 9.65. The minimum atomic E-state index is -0.356. The molecule has 0 saturated heterocycles. The normalized spacial score (nSPS) is 11.9. The van der Waals surface area contributed by atoms with E-state index in [1.165, 1.54) is 11.3 Å². The third-order valence-corrected chi connectivity index (χ3v) is 4.33. The molecule has 0 amide bonds. The molecule has 0 bridgehead atoms.